The molecule has 4 rings (SSSR count). The molecular weight excluding hydrogens is 426 g/mol. The molecule has 0 aliphatic rings. The molecular formula is C27H27N5O2. The van der Waals surface area contributed by atoms with Gasteiger partial charge in [0.2, 0.25) is 0 Å². The lowest BCUT2D eigenvalue weighted by molar-refractivity contribution is 0.304. The van der Waals surface area contributed by atoms with Gasteiger partial charge in [-0.1, -0.05) is 48.5 Å². The third-order valence-electron chi connectivity index (χ3n) is 5.33. The summed E-state index contributed by atoms with van der Waals surface area (Å²) in [6.45, 7) is 6.41. The van der Waals surface area contributed by atoms with Crippen LogP contribution in [0.1, 0.15) is 25.2 Å². The Kier molecular flexibility index (Phi) is 7.13. The van der Waals surface area contributed by atoms with Gasteiger partial charge in [0.25, 0.3) is 0 Å². The number of nitrogens with zero attached hydrogens (tertiary/aromatic N) is 5. The van der Waals surface area contributed by atoms with Crippen LogP contribution in [0, 0.1) is 6.92 Å². The minimum atomic E-state index is -0.315. The Labute approximate surface area is 199 Å². The molecule has 0 fully saturated rings. The van der Waals surface area contributed by atoms with E-state index in [4.69, 9.17) is 4.74 Å². The van der Waals surface area contributed by atoms with Crippen molar-refractivity contribution in [2.24, 2.45) is 5.10 Å². The van der Waals surface area contributed by atoms with E-state index in [1.165, 1.54) is 4.68 Å². The number of rotatable bonds is 8. The van der Waals surface area contributed by atoms with Gasteiger partial charge in [-0.2, -0.15) is 9.78 Å². The molecule has 0 N–H and O–H groups in total. The largest absolute Gasteiger partial charge is 0.473 e. The number of anilines is 1. The Morgan fingerprint density at radius 1 is 0.941 bits per heavy atom. The van der Waals surface area contributed by atoms with Crippen molar-refractivity contribution < 1.29 is 4.74 Å². The Hall–Kier alpha value is -4.26. The fourth-order valence-corrected chi connectivity index (χ4v) is 3.43. The fraction of sp³-hybridized carbons (Fsp3) is 0.185. The number of aryl methyl sites for hydroxylation is 1. The van der Waals surface area contributed by atoms with Gasteiger partial charge in [0.1, 0.15) is 5.75 Å². The molecule has 34 heavy (non-hydrogen) atoms. The minimum absolute atomic E-state index is 0.264. The summed E-state index contributed by atoms with van der Waals surface area (Å²) in [4.78, 5) is 15.1. The standard InChI is InChI=1S/C27H27N5O2/c1-20(2)31(24-12-8-5-9-13-24)19-34-25-16-14-22(15-17-25)18-28-32-21(3)29-30-26(27(32)33)23-10-6-4-7-11-23/h4-18,20H,19H2,1-3H3/b28-18+. The second-order valence-corrected chi connectivity index (χ2v) is 8.06. The lowest BCUT2D eigenvalue weighted by Gasteiger charge is -2.28. The summed E-state index contributed by atoms with van der Waals surface area (Å²) >= 11 is 0. The summed E-state index contributed by atoms with van der Waals surface area (Å²) in [5, 5.41) is 12.5. The second kappa shape index (κ2) is 10.6. The molecule has 0 radical (unpaired) electrons. The van der Waals surface area contributed by atoms with Crippen LogP contribution in [0.2, 0.25) is 0 Å². The van der Waals surface area contributed by atoms with Crippen molar-refractivity contribution in [1.29, 1.82) is 0 Å². The highest BCUT2D eigenvalue weighted by atomic mass is 16.5. The van der Waals surface area contributed by atoms with Crippen molar-refractivity contribution in [1.82, 2.24) is 14.9 Å². The lowest BCUT2D eigenvalue weighted by Crippen LogP contribution is -2.34. The first kappa shape index (κ1) is 22.9. The van der Waals surface area contributed by atoms with E-state index in [0.29, 0.717) is 24.2 Å². The van der Waals surface area contributed by atoms with E-state index in [2.05, 4.69) is 46.2 Å². The molecule has 0 amide bonds. The van der Waals surface area contributed by atoms with Crippen molar-refractivity contribution in [2.75, 3.05) is 11.6 Å². The highest BCUT2D eigenvalue weighted by Crippen LogP contribution is 2.18. The van der Waals surface area contributed by atoms with Gasteiger partial charge in [0, 0.05) is 17.3 Å². The Bertz CT molecular complexity index is 1300. The zero-order chi connectivity index (χ0) is 23.9. The van der Waals surface area contributed by atoms with Crippen molar-refractivity contribution in [3.8, 4) is 17.0 Å². The molecule has 7 nitrogen and oxygen atoms in total. The van der Waals surface area contributed by atoms with Gasteiger partial charge in [0.15, 0.2) is 18.2 Å². The molecule has 1 aromatic heterocycles. The van der Waals surface area contributed by atoms with Crippen LogP contribution in [-0.2, 0) is 0 Å². The van der Waals surface area contributed by atoms with Crippen molar-refractivity contribution in [2.45, 2.75) is 26.8 Å². The zero-order valence-electron chi connectivity index (χ0n) is 19.5. The monoisotopic (exact) mass is 453 g/mol. The molecule has 0 saturated heterocycles. The topological polar surface area (TPSA) is 72.6 Å². The van der Waals surface area contributed by atoms with Crippen LogP contribution in [0.3, 0.4) is 0 Å². The van der Waals surface area contributed by atoms with E-state index in [0.717, 1.165) is 17.0 Å². The molecule has 4 aromatic rings. The third-order valence-corrected chi connectivity index (χ3v) is 5.33. The Balaban J connectivity index is 1.47. The summed E-state index contributed by atoms with van der Waals surface area (Å²) in [5.41, 5.74) is 2.60. The average Bonchev–Trinajstić information content (AvgIpc) is 2.86. The molecule has 0 aliphatic carbocycles. The zero-order valence-corrected chi connectivity index (χ0v) is 19.5. The molecule has 0 unspecified atom stereocenters. The van der Waals surface area contributed by atoms with Crippen molar-refractivity contribution >= 4 is 11.9 Å². The van der Waals surface area contributed by atoms with E-state index in [-0.39, 0.29) is 11.3 Å². The normalized spacial score (nSPS) is 11.2. The van der Waals surface area contributed by atoms with Gasteiger partial charge in [-0.15, -0.1) is 10.2 Å². The summed E-state index contributed by atoms with van der Waals surface area (Å²) in [6, 6.07) is 27.3. The van der Waals surface area contributed by atoms with Crippen LogP contribution < -0.4 is 15.2 Å². The third kappa shape index (κ3) is 5.38. The SMILES string of the molecule is Cc1nnc(-c2ccccc2)c(=O)n1/N=C/c1ccc(OCN(c2ccccc2)C(C)C)cc1. The number of benzene rings is 3. The van der Waals surface area contributed by atoms with Crippen LogP contribution >= 0.6 is 0 Å². The molecule has 0 aliphatic heterocycles. The van der Waals surface area contributed by atoms with Crippen LogP contribution in [-0.4, -0.2) is 33.9 Å². The molecule has 7 heteroatoms. The average molecular weight is 454 g/mol. The predicted octanol–water partition coefficient (Wildman–Crippen LogP) is 4.75. The van der Waals surface area contributed by atoms with Gasteiger partial charge in [-0.05, 0) is 62.7 Å². The summed E-state index contributed by atoms with van der Waals surface area (Å²) in [6.07, 6.45) is 1.62. The Morgan fingerprint density at radius 3 is 2.24 bits per heavy atom. The molecule has 172 valence electrons. The number of ether oxygens (including phenoxy) is 1. The van der Waals surface area contributed by atoms with Crippen LogP contribution in [0.15, 0.2) is 94.8 Å². The summed E-state index contributed by atoms with van der Waals surface area (Å²) in [7, 11) is 0. The van der Waals surface area contributed by atoms with E-state index in [1.54, 1.807) is 13.1 Å². The first-order valence-corrected chi connectivity index (χ1v) is 11.1. The van der Waals surface area contributed by atoms with Gasteiger partial charge >= 0.3 is 5.56 Å². The highest BCUT2D eigenvalue weighted by molar-refractivity contribution is 5.79. The van der Waals surface area contributed by atoms with E-state index >= 15 is 0 Å². The van der Waals surface area contributed by atoms with E-state index in [1.807, 2.05) is 72.8 Å². The molecule has 0 atom stereocenters. The first-order chi connectivity index (χ1) is 16.5. The summed E-state index contributed by atoms with van der Waals surface area (Å²) in [5.74, 6) is 1.17. The lowest BCUT2D eigenvalue weighted by atomic mass is 10.2. The predicted molar refractivity (Wildman–Crippen MR) is 135 cm³/mol. The van der Waals surface area contributed by atoms with Gasteiger partial charge in [-0.3, -0.25) is 4.79 Å². The van der Waals surface area contributed by atoms with Crippen molar-refractivity contribution in [3.63, 3.8) is 0 Å². The second-order valence-electron chi connectivity index (χ2n) is 8.06. The maximum absolute atomic E-state index is 12.9. The molecule has 1 heterocycles. The number of para-hydroxylation sites is 1. The van der Waals surface area contributed by atoms with Crippen LogP contribution in [0.4, 0.5) is 5.69 Å². The van der Waals surface area contributed by atoms with Gasteiger partial charge in [-0.25, -0.2) is 0 Å². The molecule has 0 spiro atoms. The summed E-state index contributed by atoms with van der Waals surface area (Å²) < 4.78 is 7.28. The van der Waals surface area contributed by atoms with Gasteiger partial charge < -0.3 is 9.64 Å². The maximum atomic E-state index is 12.9. The molecule has 3 aromatic carbocycles. The van der Waals surface area contributed by atoms with E-state index < -0.39 is 0 Å². The highest BCUT2D eigenvalue weighted by Gasteiger charge is 2.12. The number of hydrogen-bond acceptors (Lipinski definition) is 6. The minimum Gasteiger partial charge on any atom is -0.473 e. The van der Waals surface area contributed by atoms with E-state index in [9.17, 15) is 4.79 Å². The number of hydrogen-bond donors (Lipinski definition) is 0. The molecule has 0 bridgehead atoms. The first-order valence-electron chi connectivity index (χ1n) is 11.1. The van der Waals surface area contributed by atoms with Crippen molar-refractivity contribution in [3.05, 3.63) is 107 Å². The smallest absolute Gasteiger partial charge is 0.301 e. The number of aromatic nitrogens is 3. The Morgan fingerprint density at radius 2 is 1.59 bits per heavy atom. The maximum Gasteiger partial charge on any atom is 0.301 e. The van der Waals surface area contributed by atoms with Crippen LogP contribution in [0.5, 0.6) is 5.75 Å². The van der Waals surface area contributed by atoms with Gasteiger partial charge in [0.05, 0.1) is 6.21 Å². The van der Waals surface area contributed by atoms with Crippen LogP contribution in [0.25, 0.3) is 11.3 Å². The fourth-order valence-electron chi connectivity index (χ4n) is 3.43. The molecule has 0 saturated carbocycles. The quantitative estimate of drug-likeness (QED) is 0.284.